The second kappa shape index (κ2) is 9.54. The Labute approximate surface area is 185 Å². The fraction of sp³-hybridized carbons (Fsp3) is 0.462. The zero-order chi connectivity index (χ0) is 23.4. The summed E-state index contributed by atoms with van der Waals surface area (Å²) >= 11 is 0. The molecule has 2 aromatic rings. The number of nitrogens with one attached hydrogen (secondary N) is 1. The summed E-state index contributed by atoms with van der Waals surface area (Å²) in [5.74, 6) is -0.943. The highest BCUT2D eigenvalue weighted by atomic mass is 16.6. The summed E-state index contributed by atoms with van der Waals surface area (Å²) in [5, 5.41) is 13.1. The van der Waals surface area contributed by atoms with Crippen LogP contribution in [0.15, 0.2) is 36.4 Å². The third-order valence-electron chi connectivity index (χ3n) is 5.07. The molecule has 0 atom stereocenters. The van der Waals surface area contributed by atoms with Crippen molar-refractivity contribution < 1.29 is 19.4 Å². The number of hydrogen-bond donors (Lipinski definition) is 2. The molecular weight excluding hydrogens is 390 g/mol. The Morgan fingerprint density at radius 2 is 1.19 bits per heavy atom. The topological polar surface area (TPSA) is 75.6 Å². The summed E-state index contributed by atoms with van der Waals surface area (Å²) in [6.07, 6.45) is -0.0136. The number of aryl methyl sites for hydroxylation is 4. The van der Waals surface area contributed by atoms with Gasteiger partial charge in [0.05, 0.1) is 5.41 Å². The predicted octanol–water partition coefficient (Wildman–Crippen LogP) is 5.30. The van der Waals surface area contributed by atoms with E-state index in [1.165, 1.54) is 0 Å². The van der Waals surface area contributed by atoms with Crippen LogP contribution >= 0.6 is 0 Å². The van der Waals surface area contributed by atoms with Crippen LogP contribution in [-0.2, 0) is 22.4 Å². The van der Waals surface area contributed by atoms with Crippen molar-refractivity contribution in [3.05, 3.63) is 69.8 Å². The number of alkyl carbamates (subject to hydrolysis) is 1. The minimum absolute atomic E-state index is 0.0305. The number of amides is 1. The lowest BCUT2D eigenvalue weighted by Gasteiger charge is -2.31. The van der Waals surface area contributed by atoms with Crippen LogP contribution in [0.3, 0.4) is 0 Å². The van der Waals surface area contributed by atoms with E-state index >= 15 is 0 Å². The molecule has 0 aliphatic carbocycles. The van der Waals surface area contributed by atoms with E-state index in [9.17, 15) is 14.7 Å². The minimum Gasteiger partial charge on any atom is -0.481 e. The third kappa shape index (κ3) is 7.42. The normalized spacial score (nSPS) is 11.8. The van der Waals surface area contributed by atoms with E-state index in [4.69, 9.17) is 4.74 Å². The largest absolute Gasteiger partial charge is 0.481 e. The Morgan fingerprint density at radius 1 is 0.806 bits per heavy atom. The molecule has 0 unspecified atom stereocenters. The number of rotatable bonds is 7. The smallest absolute Gasteiger partial charge is 0.407 e. The highest BCUT2D eigenvalue weighted by Crippen LogP contribution is 2.30. The van der Waals surface area contributed by atoms with E-state index in [1.807, 2.05) is 52.0 Å². The standard InChI is InChI=1S/C26H35NO4/c1-17-8-18(2)11-21(10-17)14-26(23(28)29,16-27-24(30)31-25(5,6)7)15-22-12-19(3)9-20(4)13-22/h8-13H,14-16H2,1-7H3,(H,27,30)(H,28,29). The van der Waals surface area contributed by atoms with Crippen LogP contribution in [0.2, 0.25) is 0 Å². The van der Waals surface area contributed by atoms with Gasteiger partial charge in [0.1, 0.15) is 5.60 Å². The van der Waals surface area contributed by atoms with Crippen molar-refractivity contribution in [3.8, 4) is 0 Å². The molecule has 0 radical (unpaired) electrons. The Bertz CT molecular complexity index is 862. The summed E-state index contributed by atoms with van der Waals surface area (Å²) in [7, 11) is 0. The second-order valence-electron chi connectivity index (χ2n) is 9.79. The van der Waals surface area contributed by atoms with Crippen molar-refractivity contribution in [3.63, 3.8) is 0 Å². The van der Waals surface area contributed by atoms with Gasteiger partial charge in [-0.3, -0.25) is 4.79 Å². The zero-order valence-corrected chi connectivity index (χ0v) is 19.8. The van der Waals surface area contributed by atoms with Crippen LogP contribution in [0.5, 0.6) is 0 Å². The van der Waals surface area contributed by atoms with Crippen molar-refractivity contribution in [2.75, 3.05) is 6.54 Å². The molecule has 168 valence electrons. The van der Waals surface area contributed by atoms with Gasteiger partial charge in [-0.05, 0) is 72.4 Å². The van der Waals surface area contributed by atoms with Gasteiger partial charge in [-0.25, -0.2) is 4.79 Å². The third-order valence-corrected chi connectivity index (χ3v) is 5.07. The maximum atomic E-state index is 12.7. The minimum atomic E-state index is -1.21. The SMILES string of the molecule is Cc1cc(C)cc(CC(CNC(=O)OC(C)(C)C)(Cc2cc(C)cc(C)c2)C(=O)O)c1. The first-order valence-electron chi connectivity index (χ1n) is 10.6. The van der Waals surface area contributed by atoms with Crippen LogP contribution in [0.4, 0.5) is 4.79 Å². The molecule has 31 heavy (non-hydrogen) atoms. The van der Waals surface area contributed by atoms with Gasteiger partial charge < -0.3 is 15.2 Å². The number of ether oxygens (including phenoxy) is 1. The first kappa shape index (κ1) is 24.4. The maximum absolute atomic E-state index is 12.7. The number of carboxylic acids is 1. The van der Waals surface area contributed by atoms with Gasteiger partial charge in [-0.15, -0.1) is 0 Å². The maximum Gasteiger partial charge on any atom is 0.407 e. The molecule has 0 spiro atoms. The van der Waals surface area contributed by atoms with E-state index in [0.717, 1.165) is 33.4 Å². The molecule has 2 aromatic carbocycles. The predicted molar refractivity (Wildman–Crippen MR) is 124 cm³/mol. The Kier molecular flexibility index (Phi) is 7.53. The van der Waals surface area contributed by atoms with Gasteiger partial charge in [-0.1, -0.05) is 58.7 Å². The lowest BCUT2D eigenvalue weighted by Crippen LogP contribution is -2.47. The number of hydrogen-bond acceptors (Lipinski definition) is 3. The fourth-order valence-electron chi connectivity index (χ4n) is 4.09. The lowest BCUT2D eigenvalue weighted by atomic mass is 9.75. The van der Waals surface area contributed by atoms with E-state index < -0.39 is 23.1 Å². The Hall–Kier alpha value is -2.82. The van der Waals surface area contributed by atoms with E-state index in [2.05, 4.69) is 17.4 Å². The summed E-state index contributed by atoms with van der Waals surface area (Å²) in [6, 6.07) is 12.2. The van der Waals surface area contributed by atoms with E-state index in [0.29, 0.717) is 12.8 Å². The van der Waals surface area contributed by atoms with Crippen molar-refractivity contribution in [1.29, 1.82) is 0 Å². The average Bonchev–Trinajstić information content (AvgIpc) is 2.56. The molecule has 0 aromatic heterocycles. The Morgan fingerprint density at radius 3 is 1.52 bits per heavy atom. The van der Waals surface area contributed by atoms with Crippen LogP contribution in [-0.4, -0.2) is 29.3 Å². The van der Waals surface area contributed by atoms with Crippen molar-refractivity contribution in [1.82, 2.24) is 5.32 Å². The number of aliphatic carboxylic acids is 1. The second-order valence-corrected chi connectivity index (χ2v) is 9.79. The molecule has 2 N–H and O–H groups in total. The van der Waals surface area contributed by atoms with Gasteiger partial charge in [0, 0.05) is 6.54 Å². The Balaban J connectivity index is 2.43. The molecular formula is C26H35NO4. The molecule has 0 saturated heterocycles. The van der Waals surface area contributed by atoms with Crippen molar-refractivity contribution >= 4 is 12.1 Å². The van der Waals surface area contributed by atoms with Crippen molar-refractivity contribution in [2.45, 2.75) is 66.9 Å². The molecule has 5 heteroatoms. The highest BCUT2D eigenvalue weighted by Gasteiger charge is 2.40. The van der Waals surface area contributed by atoms with Gasteiger partial charge in [0.2, 0.25) is 0 Å². The van der Waals surface area contributed by atoms with Gasteiger partial charge in [0.25, 0.3) is 0 Å². The molecule has 2 rings (SSSR count). The molecule has 0 saturated carbocycles. The fourth-order valence-corrected chi connectivity index (χ4v) is 4.09. The van der Waals surface area contributed by atoms with Crippen molar-refractivity contribution in [2.24, 2.45) is 5.41 Å². The average molecular weight is 426 g/mol. The quantitative estimate of drug-likeness (QED) is 0.631. The summed E-state index contributed by atoms with van der Waals surface area (Å²) in [6.45, 7) is 13.3. The number of carboxylic acid groups (broad SMARTS) is 1. The van der Waals surface area contributed by atoms with Crippen LogP contribution in [0.1, 0.15) is 54.2 Å². The molecule has 0 aliphatic rings. The molecule has 0 fully saturated rings. The monoisotopic (exact) mass is 425 g/mol. The van der Waals surface area contributed by atoms with Gasteiger partial charge >= 0.3 is 12.1 Å². The molecule has 1 amide bonds. The van der Waals surface area contributed by atoms with Crippen LogP contribution in [0, 0.1) is 33.1 Å². The number of carbonyl (C=O) groups excluding carboxylic acids is 1. The van der Waals surface area contributed by atoms with Crippen LogP contribution < -0.4 is 5.32 Å². The molecule has 0 bridgehead atoms. The number of carbonyl (C=O) groups is 2. The summed E-state index contributed by atoms with van der Waals surface area (Å²) in [4.78, 5) is 25.0. The van der Waals surface area contributed by atoms with E-state index in [1.54, 1.807) is 20.8 Å². The molecule has 0 aliphatic heterocycles. The molecule has 5 nitrogen and oxygen atoms in total. The molecule has 0 heterocycles. The first-order chi connectivity index (χ1) is 14.3. The zero-order valence-electron chi connectivity index (χ0n) is 19.8. The highest BCUT2D eigenvalue weighted by molar-refractivity contribution is 5.77. The summed E-state index contributed by atoms with van der Waals surface area (Å²) in [5.41, 5.74) is 4.35. The lowest BCUT2D eigenvalue weighted by molar-refractivity contribution is -0.148. The van der Waals surface area contributed by atoms with Gasteiger partial charge in [-0.2, -0.15) is 0 Å². The number of benzene rings is 2. The van der Waals surface area contributed by atoms with Crippen LogP contribution in [0.25, 0.3) is 0 Å². The van der Waals surface area contributed by atoms with Gasteiger partial charge in [0.15, 0.2) is 0 Å². The first-order valence-corrected chi connectivity index (χ1v) is 10.6. The summed E-state index contributed by atoms with van der Waals surface area (Å²) < 4.78 is 5.35. The van der Waals surface area contributed by atoms with E-state index in [-0.39, 0.29) is 6.54 Å².